The summed E-state index contributed by atoms with van der Waals surface area (Å²) in [6.45, 7) is 6.15. The topological polar surface area (TPSA) is 140 Å². The summed E-state index contributed by atoms with van der Waals surface area (Å²) in [7, 11) is 8.34. The van der Waals surface area contributed by atoms with Gasteiger partial charge in [-0.15, -0.1) is 0 Å². The van der Waals surface area contributed by atoms with E-state index in [1.165, 1.54) is 47.2 Å². The number of rotatable bonds is 8. The van der Waals surface area contributed by atoms with Crippen molar-refractivity contribution >= 4 is 36.6 Å². The number of carbonyl (C=O) groups excluding carboxylic acids is 6. The number of hydrogen-bond acceptors (Lipinski definition) is 9. The van der Waals surface area contributed by atoms with Gasteiger partial charge in [0.25, 0.3) is 0 Å². The van der Waals surface area contributed by atoms with E-state index < -0.39 is 36.0 Å². The summed E-state index contributed by atoms with van der Waals surface area (Å²) in [5.74, 6) is -1.43. The second kappa shape index (κ2) is 26.6. The average molecular weight is 644 g/mol. The molecule has 0 aromatic carbocycles. The second-order valence-electron chi connectivity index (χ2n) is 6.13. The number of hydrogen-bond donors (Lipinski definition) is 0. The molecule has 0 fully saturated rings. The summed E-state index contributed by atoms with van der Waals surface area (Å²) in [5, 5.41) is 0. The van der Waals surface area contributed by atoms with E-state index in [-0.39, 0.29) is 80.2 Å². The summed E-state index contributed by atoms with van der Waals surface area (Å²) in [6.07, 6.45) is 3.12. The molecule has 0 saturated carbocycles. The number of amides is 3. The molecule has 0 aromatic rings. The van der Waals surface area contributed by atoms with Crippen LogP contribution in [-0.4, -0.2) is 112 Å². The maximum Gasteiger partial charge on any atom is 0.328 e. The van der Waals surface area contributed by atoms with Crippen molar-refractivity contribution in [1.82, 2.24) is 14.7 Å². The fourth-order valence-corrected chi connectivity index (χ4v) is 1.42. The summed E-state index contributed by atoms with van der Waals surface area (Å²) in [6, 6.07) is -1.61. The Balaban J connectivity index is -0.0000000637. The van der Waals surface area contributed by atoms with Crippen LogP contribution < -0.4 is 0 Å². The van der Waals surface area contributed by atoms with E-state index in [9.17, 15) is 28.8 Å². The van der Waals surface area contributed by atoms with Gasteiger partial charge in [0.2, 0.25) is 5.91 Å². The molecule has 0 bridgehead atoms. The number of methoxy groups -OCH3 is 3. The van der Waals surface area contributed by atoms with Gasteiger partial charge in [0.15, 0.2) is 0 Å². The van der Waals surface area contributed by atoms with Crippen LogP contribution in [-0.2, 0) is 108 Å². The number of nitrogens with zero attached hydrogens (tertiary/aromatic N) is 3. The number of likely N-dealkylation sites (N-methyl/N-ethyl adjacent to an activating group) is 3. The third kappa shape index (κ3) is 20.4. The molecule has 0 rings (SSSR count). The molecule has 14 heteroatoms. The van der Waals surface area contributed by atoms with E-state index in [1.54, 1.807) is 40.6 Å². The van der Waals surface area contributed by atoms with Gasteiger partial charge >= 0.3 is 17.9 Å². The van der Waals surface area contributed by atoms with Gasteiger partial charge in [0.1, 0.15) is 6.04 Å². The Bertz CT molecular complexity index is 584. The summed E-state index contributed by atoms with van der Waals surface area (Å²) in [4.78, 5) is 66.4. The Morgan fingerprint density at radius 3 is 1.09 bits per heavy atom. The van der Waals surface area contributed by atoms with Gasteiger partial charge in [-0.1, -0.05) is 7.43 Å². The zero-order chi connectivity index (χ0) is 25.3. The van der Waals surface area contributed by atoms with Crippen molar-refractivity contribution in [2.75, 3.05) is 42.5 Å². The molecule has 3 amide bonds. The molecule has 196 valence electrons. The summed E-state index contributed by atoms with van der Waals surface area (Å²) < 4.78 is 13.2. The average Bonchev–Trinajstić information content (AvgIpc) is 2.79. The molecule has 0 aromatic heterocycles. The molecule has 12 nitrogen and oxygen atoms in total. The van der Waals surface area contributed by atoms with Crippen molar-refractivity contribution < 1.29 is 110 Å². The standard InChI is InChI=1S/C7H13NO3.2C6H10NO3.CH4.2Y.H2/c1-5(7(10)11-4)8(3)6(2)9;2*1-5(6(9)10-3)7(2)4-8;;;;/h5H,1-4H3;2*5H,1-3H3;1H4;;;1H/q;2*-1;;;;/t;2*5-;;;;/m.10..../s1/i;;;;;;1+1. The predicted octanol–water partition coefficient (Wildman–Crippen LogP) is -0.00290. The van der Waals surface area contributed by atoms with E-state index in [1.807, 2.05) is 0 Å². The van der Waals surface area contributed by atoms with Gasteiger partial charge in [0, 0.05) is 80.8 Å². The normalized spacial score (nSPS) is 10.9. The van der Waals surface area contributed by atoms with Gasteiger partial charge in [-0.05, 0) is 34.9 Å². The minimum Gasteiger partial charge on any atom is -0.520 e. The third-order valence-electron chi connectivity index (χ3n) is 4.15. The van der Waals surface area contributed by atoms with E-state index in [0.717, 1.165) is 9.80 Å². The Morgan fingerprint density at radius 1 is 0.676 bits per heavy atom. The van der Waals surface area contributed by atoms with Crippen LogP contribution in [0.5, 0.6) is 0 Å². The Hall–Kier alpha value is -0.972. The first-order chi connectivity index (χ1) is 14.3. The third-order valence-corrected chi connectivity index (χ3v) is 4.15. The van der Waals surface area contributed by atoms with Crippen molar-refractivity contribution in [3.8, 4) is 0 Å². The molecule has 0 heterocycles. The van der Waals surface area contributed by atoms with Gasteiger partial charge in [0.05, 0.1) is 33.4 Å². The zero-order valence-electron chi connectivity index (χ0n) is 20.9. The smallest absolute Gasteiger partial charge is 0.328 e. The van der Waals surface area contributed by atoms with Crippen LogP contribution >= 0.6 is 0 Å². The summed E-state index contributed by atoms with van der Waals surface area (Å²) >= 11 is 0. The SMILES string of the molecule is C.COC(=O)C(C)N(C)C(C)=O.COC(=O)[C@@H](C)N(C)[C-]=O.COC(=O)[C@H](C)N(C)[C-]=O.[2HH].[Y].[Y]. The first-order valence-electron chi connectivity index (χ1n) is 8.95. The first kappa shape index (κ1) is 46.4. The first-order valence-corrected chi connectivity index (χ1v) is 8.95. The fourth-order valence-electron chi connectivity index (χ4n) is 1.42. The van der Waals surface area contributed by atoms with Crippen molar-refractivity contribution in [2.24, 2.45) is 0 Å². The Morgan fingerprint density at radius 2 is 0.912 bits per heavy atom. The van der Waals surface area contributed by atoms with Gasteiger partial charge < -0.3 is 38.5 Å². The molecular formula is C20H39N3O9Y2-2. The van der Waals surface area contributed by atoms with Gasteiger partial charge in [-0.25, -0.2) is 14.4 Å². The molecule has 3 atom stereocenters. The van der Waals surface area contributed by atoms with Crippen molar-refractivity contribution in [3.63, 3.8) is 0 Å². The monoisotopic (exact) mass is 644 g/mol. The van der Waals surface area contributed by atoms with Crippen molar-refractivity contribution in [1.29, 1.82) is 0 Å². The second-order valence-corrected chi connectivity index (χ2v) is 6.13. The summed E-state index contributed by atoms with van der Waals surface area (Å²) in [5.41, 5.74) is 0. The largest absolute Gasteiger partial charge is 0.520 e. The quantitative estimate of drug-likeness (QED) is 0.155. The minimum atomic E-state index is -0.553. The van der Waals surface area contributed by atoms with Crippen LogP contribution in [0.4, 0.5) is 0 Å². The molecule has 2 radical (unpaired) electrons. The number of carbonyl (C=O) groups is 4. The predicted molar refractivity (Wildman–Crippen MR) is 119 cm³/mol. The van der Waals surface area contributed by atoms with Crippen molar-refractivity contribution in [3.05, 3.63) is 0 Å². The molecule has 0 spiro atoms. The maximum atomic E-state index is 10.8. The zero-order valence-corrected chi connectivity index (χ0v) is 26.6. The van der Waals surface area contributed by atoms with Gasteiger partial charge in [-0.3, -0.25) is 4.79 Å². The molecule has 0 aliphatic rings. The minimum absolute atomic E-state index is 0. The van der Waals surface area contributed by atoms with Crippen LogP contribution in [0.1, 0.15) is 36.5 Å². The Labute approximate surface area is 255 Å². The van der Waals surface area contributed by atoms with Crippen LogP contribution in [0, 0.1) is 0 Å². The van der Waals surface area contributed by atoms with Crippen molar-refractivity contribution in [2.45, 2.75) is 53.2 Å². The van der Waals surface area contributed by atoms with E-state index in [4.69, 9.17) is 0 Å². The molecule has 34 heavy (non-hydrogen) atoms. The Kier molecular flexibility index (Phi) is 36.3. The maximum absolute atomic E-state index is 10.8. The molecule has 0 saturated heterocycles. The molecule has 0 aliphatic carbocycles. The van der Waals surface area contributed by atoms with Crippen LogP contribution in [0.3, 0.4) is 0 Å². The van der Waals surface area contributed by atoms with Crippen LogP contribution in [0.25, 0.3) is 0 Å². The van der Waals surface area contributed by atoms with Crippen LogP contribution in [0.2, 0.25) is 0 Å². The molecule has 0 aliphatic heterocycles. The molecule has 0 N–H and O–H groups in total. The molecular weight excluding hydrogens is 604 g/mol. The number of esters is 3. The van der Waals surface area contributed by atoms with E-state index in [2.05, 4.69) is 14.2 Å². The fraction of sp³-hybridized carbons (Fsp3) is 0.700. The molecule has 1 unspecified atom stereocenters. The number of ether oxygens (including phenoxy) is 3. The van der Waals surface area contributed by atoms with Gasteiger partial charge in [-0.2, -0.15) is 12.8 Å². The van der Waals surface area contributed by atoms with E-state index in [0.29, 0.717) is 0 Å². The van der Waals surface area contributed by atoms with E-state index >= 15 is 0 Å². The van der Waals surface area contributed by atoms with Crippen LogP contribution in [0.15, 0.2) is 0 Å².